The quantitative estimate of drug-likeness (QED) is 0.618. The number of nitrogens with zero attached hydrogens (tertiary/aromatic N) is 5. The van der Waals surface area contributed by atoms with Crippen LogP contribution in [-0.4, -0.2) is 41.1 Å². The van der Waals surface area contributed by atoms with E-state index in [4.69, 9.17) is 10.8 Å². The number of rotatable bonds is 3. The Morgan fingerprint density at radius 1 is 1.33 bits per heavy atom. The number of aromatic nitrogens is 5. The lowest BCUT2D eigenvalue weighted by Crippen LogP contribution is -2.14. The highest BCUT2D eigenvalue weighted by Gasteiger charge is 2.21. The van der Waals surface area contributed by atoms with Crippen molar-refractivity contribution in [3.8, 4) is 0 Å². The number of nitrogens with two attached hydrogens (primary N) is 1. The first-order chi connectivity index (χ1) is 10.1. The normalized spacial score (nSPS) is 12.4. The van der Waals surface area contributed by atoms with Crippen molar-refractivity contribution >= 4 is 33.5 Å². The van der Waals surface area contributed by atoms with Gasteiger partial charge >= 0.3 is 5.97 Å². The van der Waals surface area contributed by atoms with Crippen molar-refractivity contribution in [2.75, 3.05) is 5.73 Å². The molecular formula is C11H8N6O3S. The summed E-state index contributed by atoms with van der Waals surface area (Å²) in [6.45, 7) is 0. The average molecular weight is 304 g/mol. The maximum Gasteiger partial charge on any atom is 0.374 e. The van der Waals surface area contributed by atoms with E-state index in [0.29, 0.717) is 15.8 Å². The Balaban J connectivity index is 2.10. The fraction of sp³-hybridized carbons (Fsp3) is 0.0909. The molecule has 4 N–H and O–H groups in total. The molecule has 0 aliphatic carbocycles. The number of aliphatic hydroxyl groups is 1. The van der Waals surface area contributed by atoms with Gasteiger partial charge in [-0.2, -0.15) is 9.97 Å². The van der Waals surface area contributed by atoms with E-state index >= 15 is 0 Å². The van der Waals surface area contributed by atoms with Crippen molar-refractivity contribution < 1.29 is 15.0 Å². The summed E-state index contributed by atoms with van der Waals surface area (Å²) in [6.07, 6.45) is 1.71. The van der Waals surface area contributed by atoms with E-state index < -0.39 is 17.9 Å². The van der Waals surface area contributed by atoms with E-state index in [1.807, 2.05) is 0 Å². The monoisotopic (exact) mass is 304 g/mol. The molecule has 106 valence electrons. The number of anilines is 1. The molecule has 1 atom stereocenters. The molecule has 10 heteroatoms. The van der Waals surface area contributed by atoms with Crippen LogP contribution in [0.3, 0.4) is 0 Å². The number of nitrogen functional groups attached to an aromatic ring is 1. The van der Waals surface area contributed by atoms with Gasteiger partial charge in [0.15, 0.2) is 5.82 Å². The van der Waals surface area contributed by atoms with Crippen LogP contribution in [0.4, 0.5) is 5.95 Å². The second-order valence-corrected chi connectivity index (χ2v) is 4.87. The Morgan fingerprint density at radius 2 is 2.14 bits per heavy atom. The molecule has 0 bridgehead atoms. The minimum absolute atomic E-state index is 0.136. The van der Waals surface area contributed by atoms with E-state index in [1.165, 1.54) is 17.7 Å². The summed E-state index contributed by atoms with van der Waals surface area (Å²) in [7, 11) is 0. The zero-order chi connectivity index (χ0) is 15.0. The molecule has 3 aromatic heterocycles. The molecule has 0 radical (unpaired) electrons. The Kier molecular flexibility index (Phi) is 3.16. The number of aliphatic hydroxyl groups excluding tert-OH is 1. The molecule has 0 aromatic carbocycles. The topological polar surface area (TPSA) is 148 Å². The summed E-state index contributed by atoms with van der Waals surface area (Å²) in [5.41, 5.74) is 5.93. The van der Waals surface area contributed by atoms with Crippen molar-refractivity contribution in [3.63, 3.8) is 0 Å². The first kappa shape index (κ1) is 13.3. The fourth-order valence-corrected chi connectivity index (χ4v) is 2.67. The third-order valence-corrected chi connectivity index (χ3v) is 3.61. The van der Waals surface area contributed by atoms with Crippen molar-refractivity contribution in [1.82, 2.24) is 24.9 Å². The number of thiophene rings is 1. The van der Waals surface area contributed by atoms with E-state index in [1.54, 1.807) is 11.6 Å². The van der Waals surface area contributed by atoms with Crippen LogP contribution >= 0.6 is 11.3 Å². The standard InChI is InChI=1S/C11H8N6O3S/c12-11-16-7(15-8(17-11)10(19)20)6(18)5-2-21-9-4(5)1-13-3-14-9/h1-3,6,18H,(H,19,20)(H2,12,15,16,17)/t6-/m0/s1. The molecule has 0 fully saturated rings. The lowest BCUT2D eigenvalue weighted by molar-refractivity contribution is 0.0682. The van der Waals surface area contributed by atoms with Crippen LogP contribution in [0.15, 0.2) is 17.9 Å². The number of hydrogen-bond acceptors (Lipinski definition) is 9. The molecule has 0 aliphatic rings. The van der Waals surface area contributed by atoms with Crippen molar-refractivity contribution in [1.29, 1.82) is 0 Å². The van der Waals surface area contributed by atoms with Gasteiger partial charge in [0.2, 0.25) is 11.8 Å². The van der Waals surface area contributed by atoms with Gasteiger partial charge in [0, 0.05) is 17.1 Å². The average Bonchev–Trinajstić information content (AvgIpc) is 2.89. The number of carboxylic acids is 1. The number of hydrogen-bond donors (Lipinski definition) is 3. The Labute approximate surface area is 121 Å². The van der Waals surface area contributed by atoms with Crippen LogP contribution in [0.5, 0.6) is 0 Å². The molecule has 0 amide bonds. The van der Waals surface area contributed by atoms with Crippen LogP contribution in [0.25, 0.3) is 10.2 Å². The third kappa shape index (κ3) is 2.37. The van der Waals surface area contributed by atoms with Crippen LogP contribution in [-0.2, 0) is 0 Å². The van der Waals surface area contributed by atoms with Crippen molar-refractivity contribution in [3.05, 3.63) is 35.1 Å². The summed E-state index contributed by atoms with van der Waals surface area (Å²) < 4.78 is 0. The number of aromatic carboxylic acids is 1. The molecular weight excluding hydrogens is 296 g/mol. The van der Waals surface area contributed by atoms with E-state index in [-0.39, 0.29) is 11.8 Å². The zero-order valence-corrected chi connectivity index (χ0v) is 11.2. The van der Waals surface area contributed by atoms with E-state index in [0.717, 1.165) is 0 Å². The molecule has 9 nitrogen and oxygen atoms in total. The Hall–Kier alpha value is -2.72. The van der Waals surface area contributed by atoms with Crippen LogP contribution in [0, 0.1) is 0 Å². The minimum Gasteiger partial charge on any atom is -0.475 e. The number of carboxylic acid groups (broad SMARTS) is 1. The first-order valence-corrected chi connectivity index (χ1v) is 6.54. The largest absolute Gasteiger partial charge is 0.475 e. The molecule has 0 saturated carbocycles. The smallest absolute Gasteiger partial charge is 0.374 e. The summed E-state index contributed by atoms with van der Waals surface area (Å²) in [4.78, 5) is 30.6. The number of carbonyl (C=O) groups is 1. The molecule has 0 spiro atoms. The van der Waals surface area contributed by atoms with Crippen molar-refractivity contribution in [2.24, 2.45) is 0 Å². The highest BCUT2D eigenvalue weighted by atomic mass is 32.1. The van der Waals surface area contributed by atoms with Gasteiger partial charge < -0.3 is 15.9 Å². The van der Waals surface area contributed by atoms with Gasteiger partial charge in [0.05, 0.1) is 0 Å². The fourth-order valence-electron chi connectivity index (χ4n) is 1.77. The lowest BCUT2D eigenvalue weighted by Gasteiger charge is -2.09. The number of fused-ring (bicyclic) bond motifs is 1. The minimum atomic E-state index is -1.35. The van der Waals surface area contributed by atoms with Crippen molar-refractivity contribution in [2.45, 2.75) is 6.10 Å². The second-order valence-electron chi connectivity index (χ2n) is 4.02. The summed E-state index contributed by atoms with van der Waals surface area (Å²) >= 11 is 1.32. The Morgan fingerprint density at radius 3 is 2.90 bits per heavy atom. The predicted octanol–water partition coefficient (Wildman–Crippen LogP) is 0.238. The highest BCUT2D eigenvalue weighted by Crippen LogP contribution is 2.30. The van der Waals surface area contributed by atoms with Gasteiger partial charge in [-0.3, -0.25) is 0 Å². The SMILES string of the molecule is Nc1nc(C(=O)O)nc([C@@H](O)c2csc3ncncc23)n1. The summed E-state index contributed by atoms with van der Waals surface area (Å²) in [6, 6.07) is 0. The molecule has 3 aromatic rings. The van der Waals surface area contributed by atoms with Crippen LogP contribution < -0.4 is 5.73 Å². The first-order valence-electron chi connectivity index (χ1n) is 5.66. The zero-order valence-electron chi connectivity index (χ0n) is 10.3. The molecule has 21 heavy (non-hydrogen) atoms. The summed E-state index contributed by atoms with van der Waals surface area (Å²) in [5.74, 6) is -2.28. The van der Waals surface area contributed by atoms with Gasteiger partial charge in [0.25, 0.3) is 0 Å². The maximum atomic E-state index is 10.9. The van der Waals surface area contributed by atoms with Gasteiger partial charge in [-0.1, -0.05) is 0 Å². The Bertz CT molecular complexity index is 836. The summed E-state index contributed by atoms with van der Waals surface area (Å²) in [5, 5.41) is 21.6. The van der Waals surface area contributed by atoms with Crippen LogP contribution in [0.2, 0.25) is 0 Å². The third-order valence-electron chi connectivity index (χ3n) is 2.68. The van der Waals surface area contributed by atoms with E-state index in [9.17, 15) is 9.90 Å². The predicted molar refractivity (Wildman–Crippen MR) is 72.7 cm³/mol. The molecule has 3 rings (SSSR count). The van der Waals surface area contributed by atoms with E-state index in [2.05, 4.69) is 24.9 Å². The maximum absolute atomic E-state index is 10.9. The van der Waals surface area contributed by atoms with Gasteiger partial charge in [0.1, 0.15) is 17.3 Å². The van der Waals surface area contributed by atoms with Gasteiger partial charge in [-0.25, -0.2) is 19.7 Å². The molecule has 3 heterocycles. The second kappa shape index (κ2) is 5.00. The molecule has 0 saturated heterocycles. The highest BCUT2D eigenvalue weighted by molar-refractivity contribution is 7.16. The lowest BCUT2D eigenvalue weighted by atomic mass is 10.1. The van der Waals surface area contributed by atoms with Crippen LogP contribution in [0.1, 0.15) is 28.1 Å². The molecule has 0 aliphatic heterocycles. The van der Waals surface area contributed by atoms with Gasteiger partial charge in [-0.15, -0.1) is 11.3 Å². The van der Waals surface area contributed by atoms with Gasteiger partial charge in [-0.05, 0) is 5.38 Å². The molecule has 0 unspecified atom stereocenters.